The first-order valence-electron chi connectivity index (χ1n) is 27.4. The molecule has 2 atom stereocenters. The molecule has 0 radical (unpaired) electrons. The van der Waals surface area contributed by atoms with Crippen LogP contribution in [-0.2, 0) is 4.79 Å². The van der Waals surface area contributed by atoms with Crippen LogP contribution in [0.5, 0.6) is 0 Å². The molecular formula is C55H109NO3. The van der Waals surface area contributed by atoms with Gasteiger partial charge in [-0.1, -0.05) is 283 Å². The van der Waals surface area contributed by atoms with Crippen molar-refractivity contribution in [3.05, 3.63) is 12.2 Å². The predicted molar refractivity (Wildman–Crippen MR) is 263 cm³/mol. The van der Waals surface area contributed by atoms with Crippen LogP contribution in [0.4, 0.5) is 0 Å². The third kappa shape index (κ3) is 48.0. The lowest BCUT2D eigenvalue weighted by atomic mass is 10.0. The van der Waals surface area contributed by atoms with Gasteiger partial charge >= 0.3 is 0 Å². The van der Waals surface area contributed by atoms with Crippen molar-refractivity contribution >= 4 is 5.91 Å². The summed E-state index contributed by atoms with van der Waals surface area (Å²) >= 11 is 0. The van der Waals surface area contributed by atoms with Crippen LogP contribution < -0.4 is 5.32 Å². The molecule has 4 nitrogen and oxygen atoms in total. The van der Waals surface area contributed by atoms with Crippen LogP contribution in [-0.4, -0.2) is 34.9 Å². The number of aliphatic hydroxyl groups is 2. The zero-order valence-electron chi connectivity index (χ0n) is 40.6. The van der Waals surface area contributed by atoms with Crippen LogP contribution in [0.15, 0.2) is 12.2 Å². The number of amides is 1. The monoisotopic (exact) mass is 832 g/mol. The second-order valence-corrected chi connectivity index (χ2v) is 19.0. The first-order valence-corrected chi connectivity index (χ1v) is 27.4. The maximum Gasteiger partial charge on any atom is 0.220 e. The van der Waals surface area contributed by atoms with Gasteiger partial charge in [-0.2, -0.15) is 0 Å². The van der Waals surface area contributed by atoms with Crippen LogP contribution in [0, 0.1) is 0 Å². The number of unbranched alkanes of at least 4 members (excludes halogenated alkanes) is 42. The quantitative estimate of drug-likeness (QED) is 0.0422. The van der Waals surface area contributed by atoms with Crippen LogP contribution >= 0.6 is 0 Å². The van der Waals surface area contributed by atoms with Gasteiger partial charge in [0.1, 0.15) is 0 Å². The Morgan fingerprint density at radius 3 is 0.932 bits per heavy atom. The van der Waals surface area contributed by atoms with Gasteiger partial charge < -0.3 is 15.5 Å². The van der Waals surface area contributed by atoms with E-state index in [0.29, 0.717) is 12.8 Å². The highest BCUT2D eigenvalue weighted by molar-refractivity contribution is 5.76. The van der Waals surface area contributed by atoms with E-state index in [4.69, 9.17) is 0 Å². The number of allylic oxidation sites excluding steroid dienone is 2. The Kier molecular flexibility index (Phi) is 50.7. The van der Waals surface area contributed by atoms with Crippen LogP contribution in [0.25, 0.3) is 0 Å². The molecule has 0 aliphatic rings. The number of nitrogens with one attached hydrogen (secondary N) is 1. The molecule has 0 aromatic carbocycles. The third-order valence-corrected chi connectivity index (χ3v) is 13.0. The molecule has 3 N–H and O–H groups in total. The van der Waals surface area contributed by atoms with Crippen LogP contribution in [0.2, 0.25) is 0 Å². The first kappa shape index (κ1) is 58.1. The van der Waals surface area contributed by atoms with E-state index in [1.807, 2.05) is 0 Å². The summed E-state index contributed by atoms with van der Waals surface area (Å²) in [7, 11) is 0. The van der Waals surface area contributed by atoms with Crippen LogP contribution in [0.3, 0.4) is 0 Å². The Labute approximate surface area is 371 Å². The molecule has 4 heteroatoms. The van der Waals surface area contributed by atoms with Gasteiger partial charge in [-0.25, -0.2) is 0 Å². The Morgan fingerprint density at radius 2 is 0.644 bits per heavy atom. The van der Waals surface area contributed by atoms with Gasteiger partial charge in [0.05, 0.1) is 18.8 Å². The summed E-state index contributed by atoms with van der Waals surface area (Å²) in [5.74, 6) is -0.0245. The van der Waals surface area contributed by atoms with E-state index in [1.165, 1.54) is 263 Å². The molecule has 0 heterocycles. The summed E-state index contributed by atoms with van der Waals surface area (Å²) in [4.78, 5) is 12.5. The van der Waals surface area contributed by atoms with E-state index in [1.54, 1.807) is 0 Å². The molecule has 0 aliphatic carbocycles. The summed E-state index contributed by atoms with van der Waals surface area (Å²) in [6, 6.07) is -0.532. The summed E-state index contributed by atoms with van der Waals surface area (Å²) in [5, 5.41) is 23.3. The van der Waals surface area contributed by atoms with Gasteiger partial charge in [-0.05, 0) is 38.5 Å². The van der Waals surface area contributed by atoms with Crippen molar-refractivity contribution in [2.45, 2.75) is 328 Å². The van der Waals surface area contributed by atoms with Crippen molar-refractivity contribution in [3.63, 3.8) is 0 Å². The lowest BCUT2D eigenvalue weighted by Gasteiger charge is -2.22. The second kappa shape index (κ2) is 51.5. The molecule has 0 saturated heterocycles. The molecular weight excluding hydrogens is 723 g/mol. The first-order chi connectivity index (χ1) is 29.2. The minimum Gasteiger partial charge on any atom is -0.394 e. The predicted octanol–water partition coefficient (Wildman–Crippen LogP) is 17.8. The van der Waals surface area contributed by atoms with Crippen molar-refractivity contribution in [2.75, 3.05) is 6.61 Å². The Balaban J connectivity index is 3.39. The largest absolute Gasteiger partial charge is 0.394 e. The highest BCUT2D eigenvalue weighted by Gasteiger charge is 2.20. The lowest BCUT2D eigenvalue weighted by molar-refractivity contribution is -0.123. The fourth-order valence-electron chi connectivity index (χ4n) is 8.83. The molecule has 0 aromatic rings. The maximum absolute atomic E-state index is 12.5. The molecule has 59 heavy (non-hydrogen) atoms. The van der Waals surface area contributed by atoms with E-state index in [9.17, 15) is 15.0 Å². The fraction of sp³-hybridized carbons (Fsp3) is 0.945. The molecule has 2 unspecified atom stereocenters. The maximum atomic E-state index is 12.5. The normalized spacial score (nSPS) is 12.8. The summed E-state index contributed by atoms with van der Waals surface area (Å²) in [5.41, 5.74) is 0. The summed E-state index contributed by atoms with van der Waals surface area (Å²) in [6.07, 6.45) is 66.3. The number of carbonyl (C=O) groups excluding carboxylic acids is 1. The standard InChI is InChI=1S/C55H109NO3/c1-3-5-7-9-11-13-15-17-19-21-22-23-24-25-26-27-28-29-30-31-32-33-34-35-37-39-41-43-45-47-49-51-55(59)56-53(52-57)54(58)50-48-46-44-42-40-38-36-20-18-16-14-12-10-8-6-4-2/h21-22,53-54,57-58H,3-20,23-52H2,1-2H3,(H,56,59)/b22-21-. The zero-order valence-corrected chi connectivity index (χ0v) is 40.6. The van der Waals surface area contributed by atoms with Crippen molar-refractivity contribution in [1.82, 2.24) is 5.32 Å². The summed E-state index contributed by atoms with van der Waals surface area (Å²) in [6.45, 7) is 4.39. The topological polar surface area (TPSA) is 69.6 Å². The van der Waals surface area contributed by atoms with Crippen molar-refractivity contribution in [2.24, 2.45) is 0 Å². The van der Waals surface area contributed by atoms with Gasteiger partial charge in [-0.3, -0.25) is 4.79 Å². The van der Waals surface area contributed by atoms with Crippen molar-refractivity contribution in [3.8, 4) is 0 Å². The number of aliphatic hydroxyl groups excluding tert-OH is 2. The molecule has 0 rings (SSSR count). The minimum absolute atomic E-state index is 0.0245. The second-order valence-electron chi connectivity index (χ2n) is 19.0. The van der Waals surface area contributed by atoms with E-state index >= 15 is 0 Å². The molecule has 0 fully saturated rings. The molecule has 0 spiro atoms. The van der Waals surface area contributed by atoms with Gasteiger partial charge in [-0.15, -0.1) is 0 Å². The minimum atomic E-state index is -0.655. The van der Waals surface area contributed by atoms with Gasteiger partial charge in [0.2, 0.25) is 5.91 Å². The Bertz CT molecular complexity index is 814. The van der Waals surface area contributed by atoms with E-state index in [2.05, 4.69) is 31.3 Å². The molecule has 0 saturated carbocycles. The van der Waals surface area contributed by atoms with Gasteiger partial charge in [0, 0.05) is 6.42 Å². The van der Waals surface area contributed by atoms with Crippen LogP contribution in [0.1, 0.15) is 316 Å². The van der Waals surface area contributed by atoms with Crippen molar-refractivity contribution < 1.29 is 15.0 Å². The average molecular weight is 832 g/mol. The van der Waals surface area contributed by atoms with Gasteiger partial charge in [0.15, 0.2) is 0 Å². The van der Waals surface area contributed by atoms with Gasteiger partial charge in [0.25, 0.3) is 0 Å². The fourth-order valence-corrected chi connectivity index (χ4v) is 8.83. The van der Waals surface area contributed by atoms with E-state index in [-0.39, 0.29) is 12.5 Å². The number of hydrogen-bond donors (Lipinski definition) is 3. The average Bonchev–Trinajstić information content (AvgIpc) is 3.24. The molecule has 352 valence electrons. The number of rotatable bonds is 51. The SMILES string of the molecule is CCCCCCCCCC/C=C\CCCCCCCCCCCCCCCCCCCCCC(=O)NC(CO)C(O)CCCCCCCCCCCCCCCCCC. The smallest absolute Gasteiger partial charge is 0.220 e. The third-order valence-electron chi connectivity index (χ3n) is 13.0. The molecule has 0 bridgehead atoms. The highest BCUT2D eigenvalue weighted by atomic mass is 16.3. The number of hydrogen-bond acceptors (Lipinski definition) is 3. The molecule has 1 amide bonds. The lowest BCUT2D eigenvalue weighted by Crippen LogP contribution is -2.45. The molecule has 0 aliphatic heterocycles. The highest BCUT2D eigenvalue weighted by Crippen LogP contribution is 2.18. The zero-order chi connectivity index (χ0) is 42.8. The van der Waals surface area contributed by atoms with E-state index < -0.39 is 12.1 Å². The summed E-state index contributed by atoms with van der Waals surface area (Å²) < 4.78 is 0. The molecule has 0 aromatic heterocycles. The van der Waals surface area contributed by atoms with E-state index in [0.717, 1.165) is 25.7 Å². The van der Waals surface area contributed by atoms with Crippen molar-refractivity contribution in [1.29, 1.82) is 0 Å². The number of carbonyl (C=O) groups is 1. The Morgan fingerprint density at radius 1 is 0.390 bits per heavy atom. The Hall–Kier alpha value is -0.870.